The molecule has 7 heteroatoms. The Balaban J connectivity index is 1.81. The van der Waals surface area contributed by atoms with Crippen LogP contribution in [0, 0.1) is 6.92 Å². The minimum atomic E-state index is -1.42. The number of nitrogens with one attached hydrogen (secondary N) is 1. The molecule has 1 amide bonds. The molecule has 1 unspecified atom stereocenters. The lowest BCUT2D eigenvalue weighted by atomic mass is 9.98. The number of rotatable bonds is 5. The number of amides is 1. The van der Waals surface area contributed by atoms with Crippen molar-refractivity contribution in [1.82, 2.24) is 10.5 Å². The van der Waals surface area contributed by atoms with Crippen molar-refractivity contribution in [3.63, 3.8) is 0 Å². The summed E-state index contributed by atoms with van der Waals surface area (Å²) >= 11 is 1.38. The van der Waals surface area contributed by atoms with E-state index in [1.165, 1.54) is 23.7 Å². The quantitative estimate of drug-likeness (QED) is 0.753. The van der Waals surface area contributed by atoms with Crippen LogP contribution in [0.3, 0.4) is 0 Å². The summed E-state index contributed by atoms with van der Waals surface area (Å²) in [6, 6.07) is 8.52. The summed E-state index contributed by atoms with van der Waals surface area (Å²) in [5.74, 6) is 0.495. The Kier molecular flexibility index (Phi) is 3.82. The van der Waals surface area contributed by atoms with Crippen molar-refractivity contribution >= 4 is 17.2 Å². The van der Waals surface area contributed by atoms with Crippen LogP contribution in [-0.2, 0) is 5.60 Å². The molecule has 3 rings (SSSR count). The van der Waals surface area contributed by atoms with Gasteiger partial charge in [0.25, 0.3) is 5.91 Å². The summed E-state index contributed by atoms with van der Waals surface area (Å²) < 4.78 is 10.2. The Morgan fingerprint density at radius 1 is 1.45 bits per heavy atom. The lowest BCUT2D eigenvalue weighted by molar-refractivity contribution is 0.0551. The van der Waals surface area contributed by atoms with Crippen LogP contribution in [0.2, 0.25) is 0 Å². The Labute approximate surface area is 130 Å². The van der Waals surface area contributed by atoms with Gasteiger partial charge in [-0.05, 0) is 30.5 Å². The molecule has 0 bridgehead atoms. The van der Waals surface area contributed by atoms with Crippen molar-refractivity contribution < 1.29 is 18.8 Å². The average Bonchev–Trinajstić information content (AvgIpc) is 3.24. The number of aliphatic hydroxyl groups is 1. The highest BCUT2D eigenvalue weighted by atomic mass is 32.1. The minimum Gasteiger partial charge on any atom is -0.466 e. The Hall–Kier alpha value is -2.38. The smallest absolute Gasteiger partial charge is 0.273 e. The second-order valence-electron chi connectivity index (χ2n) is 4.82. The van der Waals surface area contributed by atoms with E-state index in [1.54, 1.807) is 25.1 Å². The largest absolute Gasteiger partial charge is 0.466 e. The maximum Gasteiger partial charge on any atom is 0.273 e. The van der Waals surface area contributed by atoms with Gasteiger partial charge in [-0.1, -0.05) is 11.2 Å². The van der Waals surface area contributed by atoms with E-state index in [0.29, 0.717) is 16.4 Å². The van der Waals surface area contributed by atoms with Crippen LogP contribution in [0.1, 0.15) is 26.9 Å². The molecule has 6 nitrogen and oxygen atoms in total. The second-order valence-corrected chi connectivity index (χ2v) is 5.77. The molecule has 0 aromatic carbocycles. The molecule has 3 aromatic heterocycles. The van der Waals surface area contributed by atoms with Crippen molar-refractivity contribution in [3.05, 3.63) is 64.1 Å². The van der Waals surface area contributed by atoms with E-state index >= 15 is 0 Å². The van der Waals surface area contributed by atoms with E-state index in [2.05, 4.69) is 10.5 Å². The van der Waals surface area contributed by atoms with Crippen molar-refractivity contribution in [2.45, 2.75) is 12.5 Å². The van der Waals surface area contributed by atoms with Gasteiger partial charge >= 0.3 is 0 Å². The first kappa shape index (κ1) is 14.6. The maximum atomic E-state index is 12.1. The number of carbonyl (C=O) groups excluding carboxylic acids is 1. The van der Waals surface area contributed by atoms with Crippen molar-refractivity contribution in [2.75, 3.05) is 6.54 Å². The van der Waals surface area contributed by atoms with Crippen LogP contribution < -0.4 is 5.32 Å². The summed E-state index contributed by atoms with van der Waals surface area (Å²) in [6.07, 6.45) is 1.48. The third-order valence-electron chi connectivity index (χ3n) is 3.22. The number of aromatic nitrogens is 1. The van der Waals surface area contributed by atoms with Gasteiger partial charge in [0.2, 0.25) is 0 Å². The first-order chi connectivity index (χ1) is 10.6. The molecule has 114 valence electrons. The van der Waals surface area contributed by atoms with Gasteiger partial charge < -0.3 is 19.4 Å². The van der Waals surface area contributed by atoms with Crippen LogP contribution in [0.5, 0.6) is 0 Å². The number of carbonyl (C=O) groups is 1. The monoisotopic (exact) mass is 318 g/mol. The fraction of sp³-hybridized carbons (Fsp3) is 0.200. The molecule has 0 fully saturated rings. The third-order valence-corrected chi connectivity index (χ3v) is 4.24. The van der Waals surface area contributed by atoms with Crippen molar-refractivity contribution in [1.29, 1.82) is 0 Å². The molecule has 0 radical (unpaired) electrons. The Bertz CT molecular complexity index is 712. The number of furan rings is 1. The second kappa shape index (κ2) is 5.78. The molecule has 0 aliphatic heterocycles. The summed E-state index contributed by atoms with van der Waals surface area (Å²) in [4.78, 5) is 12.8. The van der Waals surface area contributed by atoms with E-state index < -0.39 is 11.5 Å². The lowest BCUT2D eigenvalue weighted by Crippen LogP contribution is -2.41. The SMILES string of the molecule is Cc1cc(C(=O)NCC(O)(c2ccco2)c2cccs2)no1. The summed E-state index contributed by atoms with van der Waals surface area (Å²) in [5.41, 5.74) is -1.25. The van der Waals surface area contributed by atoms with Gasteiger partial charge in [0.05, 0.1) is 12.8 Å². The van der Waals surface area contributed by atoms with E-state index in [1.807, 2.05) is 11.4 Å². The van der Waals surface area contributed by atoms with E-state index in [4.69, 9.17) is 8.94 Å². The van der Waals surface area contributed by atoms with Crippen LogP contribution in [-0.4, -0.2) is 22.7 Å². The Morgan fingerprint density at radius 2 is 2.32 bits per heavy atom. The number of hydrogen-bond donors (Lipinski definition) is 2. The predicted molar refractivity (Wildman–Crippen MR) is 79.6 cm³/mol. The van der Waals surface area contributed by atoms with Crippen LogP contribution >= 0.6 is 11.3 Å². The fourth-order valence-corrected chi connectivity index (χ4v) is 2.92. The van der Waals surface area contributed by atoms with E-state index in [0.717, 1.165) is 0 Å². The van der Waals surface area contributed by atoms with Crippen molar-refractivity contribution in [2.24, 2.45) is 0 Å². The van der Waals surface area contributed by atoms with Gasteiger partial charge in [0, 0.05) is 10.9 Å². The zero-order valence-corrected chi connectivity index (χ0v) is 12.6. The first-order valence-electron chi connectivity index (χ1n) is 6.61. The molecule has 0 spiro atoms. The predicted octanol–water partition coefficient (Wildman–Crippen LogP) is 2.30. The molecule has 0 saturated carbocycles. The normalized spacial score (nSPS) is 13.7. The summed E-state index contributed by atoms with van der Waals surface area (Å²) in [6.45, 7) is 1.67. The molecule has 22 heavy (non-hydrogen) atoms. The minimum absolute atomic E-state index is 0.0359. The number of thiophene rings is 1. The number of nitrogens with zero attached hydrogens (tertiary/aromatic N) is 1. The van der Waals surface area contributed by atoms with Gasteiger partial charge in [0.1, 0.15) is 11.5 Å². The van der Waals surface area contributed by atoms with Gasteiger partial charge in [-0.3, -0.25) is 4.79 Å². The zero-order valence-electron chi connectivity index (χ0n) is 11.8. The zero-order chi connectivity index (χ0) is 15.6. The number of aryl methyl sites for hydroxylation is 1. The highest BCUT2D eigenvalue weighted by Gasteiger charge is 2.36. The Morgan fingerprint density at radius 3 is 2.91 bits per heavy atom. The van der Waals surface area contributed by atoms with Crippen molar-refractivity contribution in [3.8, 4) is 0 Å². The third kappa shape index (κ3) is 2.68. The summed E-state index contributed by atoms with van der Waals surface area (Å²) in [7, 11) is 0. The highest BCUT2D eigenvalue weighted by Crippen LogP contribution is 2.32. The first-order valence-corrected chi connectivity index (χ1v) is 7.49. The topological polar surface area (TPSA) is 88.5 Å². The molecule has 0 saturated heterocycles. The highest BCUT2D eigenvalue weighted by molar-refractivity contribution is 7.10. The number of hydrogen-bond acceptors (Lipinski definition) is 6. The van der Waals surface area contributed by atoms with Crippen LogP contribution in [0.15, 0.2) is 50.9 Å². The standard InChI is InChI=1S/C15H14N2O4S/c1-10-8-11(17-21-10)14(18)16-9-15(19,12-4-2-6-20-12)13-5-3-7-22-13/h2-8,19H,9H2,1H3,(H,16,18). The molecule has 3 aromatic rings. The maximum absolute atomic E-state index is 12.1. The lowest BCUT2D eigenvalue weighted by Gasteiger charge is -2.25. The molecular formula is C15H14N2O4S. The van der Waals surface area contributed by atoms with E-state index in [-0.39, 0.29) is 12.2 Å². The van der Waals surface area contributed by atoms with Gasteiger partial charge in [-0.25, -0.2) is 0 Å². The molecule has 0 aliphatic rings. The van der Waals surface area contributed by atoms with Gasteiger partial charge in [-0.15, -0.1) is 11.3 Å². The van der Waals surface area contributed by atoms with Crippen LogP contribution in [0.25, 0.3) is 0 Å². The molecule has 0 aliphatic carbocycles. The average molecular weight is 318 g/mol. The summed E-state index contributed by atoms with van der Waals surface area (Å²) in [5, 5.41) is 19.2. The van der Waals surface area contributed by atoms with Gasteiger partial charge in [-0.2, -0.15) is 0 Å². The fourth-order valence-electron chi connectivity index (χ4n) is 2.10. The molecular weight excluding hydrogens is 304 g/mol. The van der Waals surface area contributed by atoms with E-state index in [9.17, 15) is 9.90 Å². The molecule has 2 N–H and O–H groups in total. The van der Waals surface area contributed by atoms with Gasteiger partial charge in [0.15, 0.2) is 11.3 Å². The molecule has 1 atom stereocenters. The van der Waals surface area contributed by atoms with Crippen LogP contribution in [0.4, 0.5) is 0 Å². The molecule has 3 heterocycles.